The van der Waals surface area contributed by atoms with Crippen molar-refractivity contribution in [2.45, 2.75) is 12.0 Å². The molecule has 106 valence electrons. The van der Waals surface area contributed by atoms with E-state index in [9.17, 15) is 0 Å². The largest absolute Gasteiger partial charge is 0.497 e. The molecule has 0 amide bonds. The first-order valence-corrected chi connectivity index (χ1v) is 7.69. The summed E-state index contributed by atoms with van der Waals surface area (Å²) in [6.45, 7) is 1.60. The number of thiophene rings is 1. The maximum Gasteiger partial charge on any atom is 0.118 e. The highest BCUT2D eigenvalue weighted by Gasteiger charge is 2.29. The summed E-state index contributed by atoms with van der Waals surface area (Å²) in [7, 11) is 3.66. The van der Waals surface area contributed by atoms with Crippen molar-refractivity contribution >= 4 is 11.3 Å². The van der Waals surface area contributed by atoms with Crippen LogP contribution in [0.1, 0.15) is 28.0 Å². The van der Waals surface area contributed by atoms with E-state index >= 15 is 0 Å². The van der Waals surface area contributed by atoms with Gasteiger partial charge in [0.25, 0.3) is 0 Å². The molecule has 4 heteroatoms. The van der Waals surface area contributed by atoms with Gasteiger partial charge in [0.15, 0.2) is 0 Å². The maximum atomic E-state index is 6.04. The molecule has 20 heavy (non-hydrogen) atoms. The van der Waals surface area contributed by atoms with Gasteiger partial charge in [-0.2, -0.15) is 0 Å². The summed E-state index contributed by atoms with van der Waals surface area (Å²) in [5.74, 6) is 1.22. The van der Waals surface area contributed by atoms with Crippen molar-refractivity contribution in [2.75, 3.05) is 27.3 Å². The average Bonchev–Trinajstić information content (AvgIpc) is 2.98. The highest BCUT2D eigenvalue weighted by molar-refractivity contribution is 7.10. The third-order valence-electron chi connectivity index (χ3n) is 3.77. The number of nitrogens with one attached hydrogen (secondary N) is 1. The highest BCUT2D eigenvalue weighted by atomic mass is 32.1. The average molecular weight is 289 g/mol. The van der Waals surface area contributed by atoms with Crippen LogP contribution in [-0.2, 0) is 4.74 Å². The Hall–Kier alpha value is -1.36. The Kier molecular flexibility index (Phi) is 4.05. The van der Waals surface area contributed by atoms with Gasteiger partial charge in [-0.15, -0.1) is 11.3 Å². The fourth-order valence-electron chi connectivity index (χ4n) is 2.71. The summed E-state index contributed by atoms with van der Waals surface area (Å²) in [5, 5.41) is 5.37. The molecule has 3 rings (SSSR count). The van der Waals surface area contributed by atoms with Crippen LogP contribution in [-0.4, -0.2) is 27.3 Å². The van der Waals surface area contributed by atoms with Gasteiger partial charge in [0.2, 0.25) is 0 Å². The second-order valence-electron chi connectivity index (χ2n) is 4.95. The van der Waals surface area contributed by atoms with Crippen LogP contribution in [0.5, 0.6) is 5.75 Å². The van der Waals surface area contributed by atoms with Gasteiger partial charge < -0.3 is 14.8 Å². The smallest absolute Gasteiger partial charge is 0.118 e. The fourth-order valence-corrected chi connectivity index (χ4v) is 3.72. The minimum atomic E-state index is 0.185. The lowest BCUT2D eigenvalue weighted by Gasteiger charge is -2.29. The van der Waals surface area contributed by atoms with Gasteiger partial charge in [0.05, 0.1) is 13.7 Å². The number of fused-ring (bicyclic) bond motifs is 1. The molecule has 1 aromatic heterocycles. The van der Waals surface area contributed by atoms with E-state index < -0.39 is 0 Å². The van der Waals surface area contributed by atoms with Crippen LogP contribution < -0.4 is 10.1 Å². The Bertz CT molecular complexity index is 564. The van der Waals surface area contributed by atoms with Crippen molar-refractivity contribution < 1.29 is 9.47 Å². The van der Waals surface area contributed by atoms with Crippen LogP contribution in [0.25, 0.3) is 0 Å². The first-order chi connectivity index (χ1) is 9.83. The molecule has 0 saturated carbocycles. The van der Waals surface area contributed by atoms with E-state index in [1.165, 1.54) is 16.0 Å². The predicted molar refractivity (Wildman–Crippen MR) is 81.8 cm³/mol. The number of benzene rings is 1. The molecular weight excluding hydrogens is 270 g/mol. The van der Waals surface area contributed by atoms with Crippen molar-refractivity contribution in [1.29, 1.82) is 0 Å². The number of rotatable bonds is 4. The van der Waals surface area contributed by atoms with Crippen LogP contribution in [0, 0.1) is 0 Å². The van der Waals surface area contributed by atoms with E-state index in [2.05, 4.69) is 28.9 Å². The molecule has 1 aliphatic rings. The summed E-state index contributed by atoms with van der Waals surface area (Å²) in [4.78, 5) is 1.35. The van der Waals surface area contributed by atoms with E-state index in [-0.39, 0.29) is 6.10 Å². The molecule has 1 aromatic carbocycles. The first kappa shape index (κ1) is 13.6. The van der Waals surface area contributed by atoms with Gasteiger partial charge >= 0.3 is 0 Å². The Morgan fingerprint density at radius 3 is 2.80 bits per heavy atom. The molecule has 2 heterocycles. The van der Waals surface area contributed by atoms with Gasteiger partial charge in [0.1, 0.15) is 11.9 Å². The maximum absolute atomic E-state index is 6.04. The topological polar surface area (TPSA) is 30.5 Å². The van der Waals surface area contributed by atoms with Crippen LogP contribution in [0.2, 0.25) is 0 Å². The zero-order chi connectivity index (χ0) is 13.9. The van der Waals surface area contributed by atoms with Crippen LogP contribution in [0.4, 0.5) is 0 Å². The lowest BCUT2D eigenvalue weighted by Crippen LogP contribution is -2.26. The summed E-state index contributed by atoms with van der Waals surface area (Å²) in [5.41, 5.74) is 2.69. The number of methoxy groups -OCH3 is 1. The molecule has 2 atom stereocenters. The summed E-state index contributed by atoms with van der Waals surface area (Å²) in [6, 6.07) is 10.5. The van der Waals surface area contributed by atoms with E-state index in [1.807, 2.05) is 19.2 Å². The second-order valence-corrected chi connectivity index (χ2v) is 5.89. The monoisotopic (exact) mass is 289 g/mol. The predicted octanol–water partition coefficient (Wildman–Crippen LogP) is 3.18. The minimum Gasteiger partial charge on any atom is -0.497 e. The minimum absolute atomic E-state index is 0.185. The molecule has 0 spiro atoms. The van der Waals surface area contributed by atoms with E-state index in [1.54, 1.807) is 18.4 Å². The van der Waals surface area contributed by atoms with Gasteiger partial charge in [-0.3, -0.25) is 0 Å². The SMILES string of the molecule is CNCC1OCC(c2ccc(OC)cc2)c2ccsc21. The van der Waals surface area contributed by atoms with Crippen LogP contribution in [0.15, 0.2) is 35.7 Å². The third kappa shape index (κ3) is 2.46. The molecule has 0 bridgehead atoms. The summed E-state index contributed by atoms with van der Waals surface area (Å²) < 4.78 is 11.3. The van der Waals surface area contributed by atoms with Crippen molar-refractivity contribution in [3.8, 4) is 5.75 Å². The normalized spacial score (nSPS) is 21.5. The Morgan fingerprint density at radius 2 is 2.10 bits per heavy atom. The lowest BCUT2D eigenvalue weighted by atomic mass is 9.89. The number of likely N-dealkylation sites (N-methyl/N-ethyl adjacent to an activating group) is 1. The third-order valence-corrected chi connectivity index (χ3v) is 4.79. The molecule has 3 nitrogen and oxygen atoms in total. The summed E-state index contributed by atoms with van der Waals surface area (Å²) in [6.07, 6.45) is 0.185. The van der Waals surface area contributed by atoms with E-state index in [4.69, 9.17) is 9.47 Å². The van der Waals surface area contributed by atoms with Crippen molar-refractivity contribution in [1.82, 2.24) is 5.32 Å². The first-order valence-electron chi connectivity index (χ1n) is 6.81. The molecule has 1 aliphatic heterocycles. The van der Waals surface area contributed by atoms with Gasteiger partial charge in [0, 0.05) is 17.3 Å². The number of ether oxygens (including phenoxy) is 2. The molecule has 2 unspecified atom stereocenters. The zero-order valence-corrected chi connectivity index (χ0v) is 12.6. The van der Waals surface area contributed by atoms with Gasteiger partial charge in [-0.1, -0.05) is 12.1 Å². The van der Waals surface area contributed by atoms with Crippen LogP contribution in [0.3, 0.4) is 0 Å². The molecule has 0 radical (unpaired) electrons. The Morgan fingerprint density at radius 1 is 1.30 bits per heavy atom. The quantitative estimate of drug-likeness (QED) is 0.937. The zero-order valence-electron chi connectivity index (χ0n) is 11.8. The van der Waals surface area contributed by atoms with Gasteiger partial charge in [-0.25, -0.2) is 0 Å². The lowest BCUT2D eigenvalue weighted by molar-refractivity contribution is 0.0383. The van der Waals surface area contributed by atoms with Gasteiger partial charge in [-0.05, 0) is 41.8 Å². The molecule has 1 N–H and O–H groups in total. The number of hydrogen-bond donors (Lipinski definition) is 1. The number of hydrogen-bond acceptors (Lipinski definition) is 4. The van der Waals surface area contributed by atoms with Crippen molar-refractivity contribution in [2.24, 2.45) is 0 Å². The standard InChI is InChI=1S/C16H19NO2S/c1-17-9-15-16-13(7-8-20-16)14(10-19-15)11-3-5-12(18-2)6-4-11/h3-8,14-15,17H,9-10H2,1-2H3. The van der Waals surface area contributed by atoms with Crippen molar-refractivity contribution in [3.05, 3.63) is 51.7 Å². The van der Waals surface area contributed by atoms with E-state index in [0.29, 0.717) is 5.92 Å². The van der Waals surface area contributed by atoms with E-state index in [0.717, 1.165) is 18.9 Å². The molecule has 0 fully saturated rings. The van der Waals surface area contributed by atoms with Crippen LogP contribution >= 0.6 is 11.3 Å². The van der Waals surface area contributed by atoms with Crippen molar-refractivity contribution in [3.63, 3.8) is 0 Å². The molecule has 2 aromatic rings. The fraction of sp³-hybridized carbons (Fsp3) is 0.375. The summed E-state index contributed by atoms with van der Waals surface area (Å²) >= 11 is 1.79. The Balaban J connectivity index is 1.89. The second kappa shape index (κ2) is 5.95. The molecule has 0 aliphatic carbocycles. The molecular formula is C16H19NO2S. The molecule has 0 saturated heterocycles. The Labute approximate surface area is 123 Å². The highest BCUT2D eigenvalue weighted by Crippen LogP contribution is 2.40.